The summed E-state index contributed by atoms with van der Waals surface area (Å²) in [5, 5.41) is 2.91. The highest BCUT2D eigenvalue weighted by Crippen LogP contribution is 2.26. The summed E-state index contributed by atoms with van der Waals surface area (Å²) in [5.41, 5.74) is 7.38. The van der Waals surface area contributed by atoms with Gasteiger partial charge in [0, 0.05) is 16.2 Å². The van der Waals surface area contributed by atoms with Crippen LogP contribution in [-0.2, 0) is 0 Å². The number of nitrogens with two attached hydrogens (primary N) is 1. The van der Waals surface area contributed by atoms with Crippen molar-refractivity contribution in [1.82, 2.24) is 0 Å². The van der Waals surface area contributed by atoms with Crippen molar-refractivity contribution in [1.29, 1.82) is 0 Å². The zero-order valence-corrected chi connectivity index (χ0v) is 10.3. The first kappa shape index (κ1) is 11.9. The molecule has 0 aliphatic heterocycles. The molecule has 0 aromatic heterocycles. The summed E-state index contributed by atoms with van der Waals surface area (Å²) in [6.45, 7) is 0. The monoisotopic (exact) mass is 298 g/mol. The minimum absolute atomic E-state index is 0.443. The van der Waals surface area contributed by atoms with Crippen LogP contribution in [0.4, 0.5) is 25.8 Å². The van der Waals surface area contributed by atoms with Crippen LogP contribution in [0.2, 0.25) is 0 Å². The van der Waals surface area contributed by atoms with E-state index < -0.39 is 11.6 Å². The van der Waals surface area contributed by atoms with Crippen molar-refractivity contribution in [3.63, 3.8) is 0 Å². The Kier molecular flexibility index (Phi) is 3.28. The van der Waals surface area contributed by atoms with E-state index >= 15 is 0 Å². The summed E-state index contributed by atoms with van der Waals surface area (Å²) in [7, 11) is 0. The van der Waals surface area contributed by atoms with Crippen LogP contribution < -0.4 is 11.1 Å². The second kappa shape index (κ2) is 4.71. The Morgan fingerprint density at radius 3 is 2.41 bits per heavy atom. The van der Waals surface area contributed by atoms with Gasteiger partial charge in [0.15, 0.2) is 11.6 Å². The molecule has 5 heteroatoms. The van der Waals surface area contributed by atoms with Gasteiger partial charge in [-0.1, -0.05) is 15.9 Å². The van der Waals surface area contributed by atoms with E-state index in [9.17, 15) is 8.78 Å². The van der Waals surface area contributed by atoms with E-state index in [0.29, 0.717) is 17.1 Å². The average molecular weight is 299 g/mol. The van der Waals surface area contributed by atoms with Gasteiger partial charge < -0.3 is 11.1 Å². The Balaban J connectivity index is 2.28. The lowest BCUT2D eigenvalue weighted by atomic mass is 10.2. The largest absolute Gasteiger partial charge is 0.397 e. The first-order chi connectivity index (χ1) is 8.06. The maximum Gasteiger partial charge on any atom is 0.160 e. The molecule has 2 rings (SSSR count). The number of nitrogen functional groups attached to an aromatic ring is 1. The number of anilines is 3. The summed E-state index contributed by atoms with van der Waals surface area (Å²) in [6, 6.07) is 8.87. The molecule has 0 aliphatic rings. The fourth-order valence-electron chi connectivity index (χ4n) is 1.38. The fraction of sp³-hybridized carbons (Fsp3) is 0. The Bertz CT molecular complexity index is 558. The van der Waals surface area contributed by atoms with E-state index in [1.165, 1.54) is 6.07 Å². The van der Waals surface area contributed by atoms with Crippen LogP contribution >= 0.6 is 15.9 Å². The van der Waals surface area contributed by atoms with Crippen molar-refractivity contribution < 1.29 is 8.78 Å². The van der Waals surface area contributed by atoms with Crippen molar-refractivity contribution in [2.75, 3.05) is 11.1 Å². The third-order valence-electron chi connectivity index (χ3n) is 2.21. The van der Waals surface area contributed by atoms with Gasteiger partial charge in [-0.3, -0.25) is 0 Å². The molecular weight excluding hydrogens is 290 g/mol. The third-order valence-corrected chi connectivity index (χ3v) is 2.71. The van der Waals surface area contributed by atoms with Crippen molar-refractivity contribution in [2.45, 2.75) is 0 Å². The van der Waals surface area contributed by atoms with E-state index in [0.717, 1.165) is 16.6 Å². The van der Waals surface area contributed by atoms with E-state index in [-0.39, 0.29) is 0 Å². The Morgan fingerprint density at radius 2 is 1.76 bits per heavy atom. The molecule has 2 nitrogen and oxygen atoms in total. The van der Waals surface area contributed by atoms with E-state index in [1.54, 1.807) is 18.2 Å². The molecule has 2 aromatic rings. The van der Waals surface area contributed by atoms with E-state index in [1.807, 2.05) is 0 Å². The van der Waals surface area contributed by atoms with Crippen molar-refractivity contribution >= 4 is 33.0 Å². The molecule has 0 bridgehead atoms. The first-order valence-corrected chi connectivity index (χ1v) is 5.62. The summed E-state index contributed by atoms with van der Waals surface area (Å²) >= 11 is 3.29. The quantitative estimate of drug-likeness (QED) is 0.821. The molecule has 0 unspecified atom stereocenters. The Labute approximate surface area is 106 Å². The van der Waals surface area contributed by atoms with Crippen LogP contribution in [0.5, 0.6) is 0 Å². The molecule has 0 saturated carbocycles. The summed E-state index contributed by atoms with van der Waals surface area (Å²) in [5.74, 6) is -1.77. The minimum Gasteiger partial charge on any atom is -0.397 e. The molecule has 0 atom stereocenters. The number of benzene rings is 2. The molecule has 0 amide bonds. The zero-order valence-electron chi connectivity index (χ0n) is 8.68. The van der Waals surface area contributed by atoms with E-state index in [4.69, 9.17) is 5.73 Å². The molecular formula is C12H9BrF2N2. The van der Waals surface area contributed by atoms with Crippen LogP contribution in [0, 0.1) is 11.6 Å². The predicted molar refractivity (Wildman–Crippen MR) is 68.2 cm³/mol. The van der Waals surface area contributed by atoms with Gasteiger partial charge in [0.25, 0.3) is 0 Å². The summed E-state index contributed by atoms with van der Waals surface area (Å²) in [6.07, 6.45) is 0. The van der Waals surface area contributed by atoms with Gasteiger partial charge in [0.05, 0.1) is 11.4 Å². The zero-order chi connectivity index (χ0) is 12.4. The number of halogens is 3. The van der Waals surface area contributed by atoms with Crippen LogP contribution in [0.1, 0.15) is 0 Å². The topological polar surface area (TPSA) is 38.0 Å². The Hall–Kier alpha value is -1.62. The molecule has 0 saturated heterocycles. The second-order valence-electron chi connectivity index (χ2n) is 3.49. The molecule has 0 radical (unpaired) electrons. The third kappa shape index (κ3) is 2.74. The highest BCUT2D eigenvalue weighted by atomic mass is 79.9. The van der Waals surface area contributed by atoms with Crippen LogP contribution in [-0.4, -0.2) is 0 Å². The number of nitrogens with one attached hydrogen (secondary N) is 1. The van der Waals surface area contributed by atoms with Gasteiger partial charge in [-0.15, -0.1) is 0 Å². The predicted octanol–water partition coefficient (Wildman–Crippen LogP) is 4.05. The molecule has 0 spiro atoms. The molecule has 88 valence electrons. The van der Waals surface area contributed by atoms with Crippen molar-refractivity contribution in [3.05, 3.63) is 52.5 Å². The highest BCUT2D eigenvalue weighted by Gasteiger charge is 2.04. The van der Waals surface area contributed by atoms with Gasteiger partial charge in [0.2, 0.25) is 0 Å². The first-order valence-electron chi connectivity index (χ1n) is 4.83. The fourth-order valence-corrected chi connectivity index (χ4v) is 1.76. The standard InChI is InChI=1S/C12H9BrF2N2/c13-7-1-4-12(11(16)5-7)17-8-2-3-9(14)10(15)6-8/h1-6,17H,16H2. The second-order valence-corrected chi connectivity index (χ2v) is 4.40. The molecule has 0 aliphatic carbocycles. The summed E-state index contributed by atoms with van der Waals surface area (Å²) in [4.78, 5) is 0. The highest BCUT2D eigenvalue weighted by molar-refractivity contribution is 9.10. The van der Waals surface area contributed by atoms with Crippen molar-refractivity contribution in [2.24, 2.45) is 0 Å². The smallest absolute Gasteiger partial charge is 0.160 e. The number of hydrogen-bond acceptors (Lipinski definition) is 2. The minimum atomic E-state index is -0.898. The molecule has 0 fully saturated rings. The SMILES string of the molecule is Nc1cc(Br)ccc1Nc1ccc(F)c(F)c1. The maximum atomic E-state index is 13.0. The lowest BCUT2D eigenvalue weighted by Crippen LogP contribution is -1.97. The lowest BCUT2D eigenvalue weighted by molar-refractivity contribution is 0.509. The van der Waals surface area contributed by atoms with Gasteiger partial charge in [-0.2, -0.15) is 0 Å². The van der Waals surface area contributed by atoms with Crippen LogP contribution in [0.15, 0.2) is 40.9 Å². The molecule has 2 aromatic carbocycles. The molecule has 3 N–H and O–H groups in total. The Morgan fingerprint density at radius 1 is 1.00 bits per heavy atom. The molecule has 0 heterocycles. The normalized spacial score (nSPS) is 10.3. The van der Waals surface area contributed by atoms with Gasteiger partial charge in [-0.05, 0) is 30.3 Å². The van der Waals surface area contributed by atoms with Gasteiger partial charge in [0.1, 0.15) is 0 Å². The number of rotatable bonds is 2. The van der Waals surface area contributed by atoms with Crippen molar-refractivity contribution in [3.8, 4) is 0 Å². The van der Waals surface area contributed by atoms with E-state index in [2.05, 4.69) is 21.2 Å². The summed E-state index contributed by atoms with van der Waals surface area (Å²) < 4.78 is 26.6. The molecule has 17 heavy (non-hydrogen) atoms. The lowest BCUT2D eigenvalue weighted by Gasteiger charge is -2.09. The van der Waals surface area contributed by atoms with Gasteiger partial charge in [-0.25, -0.2) is 8.78 Å². The van der Waals surface area contributed by atoms with Gasteiger partial charge >= 0.3 is 0 Å². The average Bonchev–Trinajstić information content (AvgIpc) is 2.27. The van der Waals surface area contributed by atoms with Crippen LogP contribution in [0.3, 0.4) is 0 Å². The number of hydrogen-bond donors (Lipinski definition) is 2. The van der Waals surface area contributed by atoms with Crippen LogP contribution in [0.25, 0.3) is 0 Å². The maximum absolute atomic E-state index is 13.0.